The van der Waals surface area contributed by atoms with Gasteiger partial charge in [-0.1, -0.05) is 25.8 Å². The highest BCUT2D eigenvalue weighted by Gasteiger charge is 2.15. The molecule has 0 bridgehead atoms. The number of carboxylic acid groups (broad SMARTS) is 1. The third-order valence-electron chi connectivity index (χ3n) is 2.94. The van der Waals surface area contributed by atoms with Crippen LogP contribution >= 0.6 is 0 Å². The molecule has 106 valence electrons. The van der Waals surface area contributed by atoms with Crippen molar-refractivity contribution in [2.75, 3.05) is 7.11 Å². The summed E-state index contributed by atoms with van der Waals surface area (Å²) in [4.78, 5) is 11.1. The highest BCUT2D eigenvalue weighted by molar-refractivity contribution is 5.73. The van der Waals surface area contributed by atoms with Gasteiger partial charge in [0.25, 0.3) is 0 Å². The average Bonchev–Trinajstić information content (AvgIpc) is 2.40. The second-order valence-corrected chi connectivity index (χ2v) is 4.42. The number of ether oxygens (including phenoxy) is 1. The van der Waals surface area contributed by atoms with Crippen LogP contribution in [0.5, 0.6) is 11.5 Å². The van der Waals surface area contributed by atoms with Crippen molar-refractivity contribution in [1.29, 1.82) is 0 Å². The highest BCUT2D eigenvalue weighted by Crippen LogP contribution is 2.26. The van der Waals surface area contributed by atoms with Crippen molar-refractivity contribution in [3.8, 4) is 11.5 Å². The summed E-state index contributed by atoms with van der Waals surface area (Å²) in [6.45, 7) is 2.46. The lowest BCUT2D eigenvalue weighted by Crippen LogP contribution is -2.36. The Kier molecular flexibility index (Phi) is 6.15. The van der Waals surface area contributed by atoms with Crippen LogP contribution in [-0.4, -0.2) is 29.3 Å². The zero-order chi connectivity index (χ0) is 14.3. The van der Waals surface area contributed by atoms with E-state index < -0.39 is 12.0 Å². The van der Waals surface area contributed by atoms with Crippen LogP contribution in [0.4, 0.5) is 0 Å². The van der Waals surface area contributed by atoms with Gasteiger partial charge in [-0.15, -0.1) is 0 Å². The van der Waals surface area contributed by atoms with Crippen molar-refractivity contribution in [3.63, 3.8) is 0 Å². The molecule has 1 aromatic rings. The third-order valence-corrected chi connectivity index (χ3v) is 2.94. The zero-order valence-corrected chi connectivity index (χ0v) is 11.3. The molecule has 0 aliphatic rings. The van der Waals surface area contributed by atoms with Crippen molar-refractivity contribution in [2.24, 2.45) is 0 Å². The van der Waals surface area contributed by atoms with Gasteiger partial charge in [-0.05, 0) is 24.1 Å². The number of aliphatic carboxylic acids is 1. The molecule has 0 spiro atoms. The predicted octanol–water partition coefficient (Wildman–Crippen LogP) is 2.13. The fourth-order valence-corrected chi connectivity index (χ4v) is 1.79. The molecule has 19 heavy (non-hydrogen) atoms. The van der Waals surface area contributed by atoms with E-state index in [1.165, 1.54) is 13.2 Å². The summed E-state index contributed by atoms with van der Waals surface area (Å²) >= 11 is 0. The van der Waals surface area contributed by atoms with Crippen LogP contribution < -0.4 is 10.1 Å². The quantitative estimate of drug-likeness (QED) is 0.672. The van der Waals surface area contributed by atoms with Gasteiger partial charge in [0, 0.05) is 6.54 Å². The molecule has 0 amide bonds. The number of rotatable bonds is 8. The van der Waals surface area contributed by atoms with Gasteiger partial charge in [-0.25, -0.2) is 0 Å². The van der Waals surface area contributed by atoms with E-state index in [9.17, 15) is 9.90 Å². The Balaban J connectivity index is 2.61. The number of hydrogen-bond acceptors (Lipinski definition) is 4. The van der Waals surface area contributed by atoms with Crippen molar-refractivity contribution >= 4 is 5.97 Å². The Hall–Kier alpha value is -1.75. The van der Waals surface area contributed by atoms with Gasteiger partial charge in [0.1, 0.15) is 6.04 Å². The first-order valence-electron chi connectivity index (χ1n) is 6.40. The third kappa shape index (κ3) is 4.79. The molecule has 1 rings (SSSR count). The van der Waals surface area contributed by atoms with Gasteiger partial charge in [0.15, 0.2) is 11.5 Å². The van der Waals surface area contributed by atoms with E-state index in [1.807, 2.05) is 6.92 Å². The smallest absolute Gasteiger partial charge is 0.320 e. The summed E-state index contributed by atoms with van der Waals surface area (Å²) < 4.78 is 5.01. The SMILES string of the molecule is CCCCC(NCc1ccc(O)c(OC)c1)C(=O)O. The summed E-state index contributed by atoms with van der Waals surface area (Å²) in [5, 5.41) is 21.6. The highest BCUT2D eigenvalue weighted by atomic mass is 16.5. The minimum atomic E-state index is -0.834. The van der Waals surface area contributed by atoms with Gasteiger partial charge in [-0.3, -0.25) is 4.79 Å². The van der Waals surface area contributed by atoms with E-state index in [2.05, 4.69) is 5.32 Å². The second kappa shape index (κ2) is 7.63. The maximum absolute atomic E-state index is 11.1. The summed E-state index contributed by atoms with van der Waals surface area (Å²) in [6.07, 6.45) is 2.46. The van der Waals surface area contributed by atoms with Gasteiger partial charge < -0.3 is 20.3 Å². The maximum Gasteiger partial charge on any atom is 0.320 e. The minimum Gasteiger partial charge on any atom is -0.504 e. The average molecular weight is 267 g/mol. The first-order valence-corrected chi connectivity index (χ1v) is 6.40. The number of nitrogens with one attached hydrogen (secondary N) is 1. The Morgan fingerprint density at radius 1 is 1.47 bits per heavy atom. The molecule has 0 radical (unpaired) electrons. The Morgan fingerprint density at radius 2 is 2.21 bits per heavy atom. The first-order chi connectivity index (χ1) is 9.08. The Bertz CT molecular complexity index is 420. The molecule has 3 N–H and O–H groups in total. The van der Waals surface area contributed by atoms with Crippen LogP contribution in [0.25, 0.3) is 0 Å². The molecule has 1 aromatic carbocycles. The largest absolute Gasteiger partial charge is 0.504 e. The molecule has 0 heterocycles. The van der Waals surface area contributed by atoms with Crippen LogP contribution in [0, 0.1) is 0 Å². The van der Waals surface area contributed by atoms with Crippen molar-refractivity contribution in [2.45, 2.75) is 38.8 Å². The number of phenols is 1. The van der Waals surface area contributed by atoms with Crippen LogP contribution in [0.3, 0.4) is 0 Å². The van der Waals surface area contributed by atoms with Gasteiger partial charge in [0.2, 0.25) is 0 Å². The molecule has 5 nitrogen and oxygen atoms in total. The Morgan fingerprint density at radius 3 is 2.79 bits per heavy atom. The van der Waals surface area contributed by atoms with E-state index in [-0.39, 0.29) is 5.75 Å². The molecule has 0 aromatic heterocycles. The van der Waals surface area contributed by atoms with E-state index in [0.29, 0.717) is 18.7 Å². The van der Waals surface area contributed by atoms with E-state index in [4.69, 9.17) is 9.84 Å². The normalized spacial score (nSPS) is 12.1. The van der Waals surface area contributed by atoms with Gasteiger partial charge >= 0.3 is 5.97 Å². The number of methoxy groups -OCH3 is 1. The number of aromatic hydroxyl groups is 1. The molecule has 0 fully saturated rings. The van der Waals surface area contributed by atoms with E-state index in [1.54, 1.807) is 12.1 Å². The second-order valence-electron chi connectivity index (χ2n) is 4.42. The molecule has 5 heteroatoms. The van der Waals surface area contributed by atoms with Crippen LogP contribution in [0.1, 0.15) is 31.7 Å². The number of carboxylic acids is 1. The van der Waals surface area contributed by atoms with E-state index >= 15 is 0 Å². The lowest BCUT2D eigenvalue weighted by atomic mass is 10.1. The minimum absolute atomic E-state index is 0.0759. The molecular formula is C14H21NO4. The summed E-state index contributed by atoms with van der Waals surface area (Å²) in [7, 11) is 1.48. The fraction of sp³-hybridized carbons (Fsp3) is 0.500. The van der Waals surface area contributed by atoms with Crippen molar-refractivity contribution < 1.29 is 19.7 Å². The van der Waals surface area contributed by atoms with Gasteiger partial charge in [0.05, 0.1) is 7.11 Å². The fourth-order valence-electron chi connectivity index (χ4n) is 1.79. The van der Waals surface area contributed by atoms with Crippen molar-refractivity contribution in [3.05, 3.63) is 23.8 Å². The number of benzene rings is 1. The number of phenolic OH excluding ortho intramolecular Hbond substituents is 1. The van der Waals surface area contributed by atoms with Gasteiger partial charge in [-0.2, -0.15) is 0 Å². The number of hydrogen-bond donors (Lipinski definition) is 3. The predicted molar refractivity (Wildman–Crippen MR) is 72.4 cm³/mol. The summed E-state index contributed by atoms with van der Waals surface area (Å²) in [5.74, 6) is -0.369. The molecule has 1 atom stereocenters. The monoisotopic (exact) mass is 267 g/mol. The van der Waals surface area contributed by atoms with Crippen LogP contribution in [-0.2, 0) is 11.3 Å². The molecule has 0 aliphatic carbocycles. The number of carbonyl (C=O) groups is 1. The van der Waals surface area contributed by atoms with Crippen LogP contribution in [0.15, 0.2) is 18.2 Å². The molecule has 0 aliphatic heterocycles. The molecule has 0 saturated heterocycles. The van der Waals surface area contributed by atoms with E-state index in [0.717, 1.165) is 18.4 Å². The van der Waals surface area contributed by atoms with Crippen molar-refractivity contribution in [1.82, 2.24) is 5.32 Å². The first kappa shape index (κ1) is 15.3. The molecule has 1 unspecified atom stereocenters. The Labute approximate surface area is 113 Å². The summed E-state index contributed by atoms with van der Waals surface area (Å²) in [5.41, 5.74) is 0.873. The summed E-state index contributed by atoms with van der Waals surface area (Å²) in [6, 6.07) is 4.43. The number of unbranched alkanes of at least 4 members (excludes halogenated alkanes) is 1. The molecule has 0 saturated carbocycles. The zero-order valence-electron chi connectivity index (χ0n) is 11.3. The topological polar surface area (TPSA) is 78.8 Å². The van der Waals surface area contributed by atoms with Crippen LogP contribution in [0.2, 0.25) is 0 Å². The molecular weight excluding hydrogens is 246 g/mol. The maximum atomic E-state index is 11.1. The lowest BCUT2D eigenvalue weighted by molar-refractivity contribution is -0.139. The lowest BCUT2D eigenvalue weighted by Gasteiger charge is -2.14. The standard InChI is InChI=1S/C14H21NO4/c1-3-4-5-11(14(17)18)15-9-10-6-7-12(16)13(8-10)19-2/h6-8,11,15-16H,3-5,9H2,1-2H3,(H,17,18).